The number of nitrogens with one attached hydrogen (secondary N) is 1. The predicted molar refractivity (Wildman–Crippen MR) is 138 cm³/mol. The van der Waals surface area contributed by atoms with E-state index in [9.17, 15) is 31.1 Å². The summed E-state index contributed by atoms with van der Waals surface area (Å²) in [5.41, 5.74) is -3.74. The molecule has 12 heteroatoms. The van der Waals surface area contributed by atoms with Gasteiger partial charge in [-0.15, -0.1) is 0 Å². The van der Waals surface area contributed by atoms with E-state index >= 15 is 0 Å². The number of likely N-dealkylation sites (tertiary alicyclic amines) is 1. The number of morpholine rings is 1. The molecule has 2 aromatic rings. The van der Waals surface area contributed by atoms with E-state index in [0.717, 1.165) is 50.2 Å². The van der Waals surface area contributed by atoms with E-state index < -0.39 is 39.8 Å². The van der Waals surface area contributed by atoms with Crippen molar-refractivity contribution in [2.24, 2.45) is 0 Å². The van der Waals surface area contributed by atoms with Crippen molar-refractivity contribution in [3.8, 4) is 0 Å². The Labute approximate surface area is 227 Å². The number of rotatable bonds is 6. The molecule has 2 aliphatic heterocycles. The van der Waals surface area contributed by atoms with Gasteiger partial charge in [0, 0.05) is 40.7 Å². The molecule has 0 aromatic heterocycles. The lowest BCUT2D eigenvalue weighted by molar-refractivity contribution is -0.163. The molecule has 2 saturated heterocycles. The molecule has 5 nitrogen and oxygen atoms in total. The predicted octanol–water partition coefficient (Wildman–Crippen LogP) is 6.25. The molecule has 0 atom stereocenters. The van der Waals surface area contributed by atoms with Crippen molar-refractivity contribution in [1.29, 1.82) is 0 Å². The minimum Gasteiger partial charge on any atom is -0.381 e. The number of piperidine rings is 1. The van der Waals surface area contributed by atoms with Gasteiger partial charge in [-0.25, -0.2) is 0 Å². The molecule has 2 fully saturated rings. The molecule has 0 unspecified atom stereocenters. The number of amides is 1. The molecule has 212 valence electrons. The number of hydrogen-bond acceptors (Lipinski definition) is 5. The van der Waals surface area contributed by atoms with Crippen LogP contribution < -0.4 is 5.32 Å². The van der Waals surface area contributed by atoms with Crippen molar-refractivity contribution in [2.45, 2.75) is 41.0 Å². The normalized spacial score (nSPS) is 18.1. The van der Waals surface area contributed by atoms with E-state index in [2.05, 4.69) is 10.2 Å². The number of alkyl halides is 6. The summed E-state index contributed by atoms with van der Waals surface area (Å²) in [6, 6.07) is 8.79. The Kier molecular flexibility index (Phi) is 9.18. The third-order valence-corrected chi connectivity index (χ3v) is 7.82. The number of benzene rings is 2. The SMILES string of the molecule is CN1CCC(Nc2ccccc2Sc2ccc(C=CC(=O)N3CCOCC3)c(C(F)(F)F)c2C(F)(F)F)CC1. The van der Waals surface area contributed by atoms with Crippen LogP contribution in [0.15, 0.2) is 52.3 Å². The van der Waals surface area contributed by atoms with Gasteiger partial charge in [-0.05, 0) is 62.8 Å². The number of ether oxygens (including phenoxy) is 1. The largest absolute Gasteiger partial charge is 0.418 e. The highest BCUT2D eigenvalue weighted by Gasteiger charge is 2.46. The third-order valence-electron chi connectivity index (χ3n) is 6.68. The fourth-order valence-electron chi connectivity index (χ4n) is 4.63. The summed E-state index contributed by atoms with van der Waals surface area (Å²) in [6.45, 7) is 2.80. The minimum absolute atomic E-state index is 0.104. The molecule has 0 radical (unpaired) electrons. The van der Waals surface area contributed by atoms with Crippen LogP contribution in [0.1, 0.15) is 29.5 Å². The Morgan fingerprint density at radius 3 is 2.21 bits per heavy atom. The molecule has 1 amide bonds. The Morgan fingerprint density at radius 1 is 0.923 bits per heavy atom. The average molecular weight is 574 g/mol. The molecule has 2 aliphatic rings. The number of halogens is 6. The van der Waals surface area contributed by atoms with Crippen LogP contribution in [0, 0.1) is 0 Å². The maximum Gasteiger partial charge on any atom is 0.418 e. The zero-order valence-electron chi connectivity index (χ0n) is 21.2. The second-order valence-corrected chi connectivity index (χ2v) is 10.6. The van der Waals surface area contributed by atoms with Gasteiger partial charge in [0.15, 0.2) is 0 Å². The Bertz CT molecular complexity index is 1190. The lowest BCUT2D eigenvalue weighted by atomic mass is 9.99. The Hall–Kier alpha value is -2.70. The van der Waals surface area contributed by atoms with Gasteiger partial charge in [-0.1, -0.05) is 30.0 Å². The van der Waals surface area contributed by atoms with Crippen LogP contribution in [-0.4, -0.2) is 68.2 Å². The quantitative estimate of drug-likeness (QED) is 0.327. The number of carbonyl (C=O) groups excluding carboxylic acids is 1. The highest BCUT2D eigenvalue weighted by Crippen LogP contribution is 2.49. The van der Waals surface area contributed by atoms with Gasteiger partial charge in [0.25, 0.3) is 0 Å². The van der Waals surface area contributed by atoms with Crippen molar-refractivity contribution in [3.63, 3.8) is 0 Å². The summed E-state index contributed by atoms with van der Waals surface area (Å²) in [7, 11) is 2.01. The summed E-state index contributed by atoms with van der Waals surface area (Å²) in [5, 5.41) is 3.36. The van der Waals surface area contributed by atoms with Crippen LogP contribution in [0.4, 0.5) is 32.0 Å². The molecular formula is C27H29F6N3O2S. The van der Waals surface area contributed by atoms with Crippen LogP contribution in [-0.2, 0) is 21.9 Å². The van der Waals surface area contributed by atoms with E-state index in [0.29, 0.717) is 22.3 Å². The van der Waals surface area contributed by atoms with Gasteiger partial charge in [0.2, 0.25) is 5.91 Å². The van der Waals surface area contributed by atoms with Crippen molar-refractivity contribution in [3.05, 3.63) is 59.2 Å². The monoisotopic (exact) mass is 573 g/mol. The molecule has 1 N–H and O–H groups in total. The lowest BCUT2D eigenvalue weighted by Gasteiger charge is -2.30. The first-order valence-corrected chi connectivity index (χ1v) is 13.3. The van der Waals surface area contributed by atoms with Gasteiger partial charge >= 0.3 is 12.4 Å². The van der Waals surface area contributed by atoms with E-state index in [1.54, 1.807) is 24.3 Å². The number of carbonyl (C=O) groups is 1. The Morgan fingerprint density at radius 2 is 1.56 bits per heavy atom. The van der Waals surface area contributed by atoms with Crippen LogP contribution in [0.3, 0.4) is 0 Å². The van der Waals surface area contributed by atoms with Gasteiger partial charge in [0.05, 0.1) is 24.3 Å². The average Bonchev–Trinajstić information content (AvgIpc) is 2.89. The zero-order valence-corrected chi connectivity index (χ0v) is 22.1. The third kappa shape index (κ3) is 7.49. The second kappa shape index (κ2) is 12.2. The van der Waals surface area contributed by atoms with Crippen LogP contribution >= 0.6 is 11.8 Å². The van der Waals surface area contributed by atoms with Crippen LogP contribution in [0.2, 0.25) is 0 Å². The summed E-state index contributed by atoms with van der Waals surface area (Å²) in [5.74, 6) is -0.590. The second-order valence-electron chi connectivity index (χ2n) is 9.49. The highest BCUT2D eigenvalue weighted by molar-refractivity contribution is 7.99. The summed E-state index contributed by atoms with van der Waals surface area (Å²) < 4.78 is 90.5. The maximum absolute atomic E-state index is 14.3. The van der Waals surface area contributed by atoms with Gasteiger partial charge < -0.3 is 19.9 Å². The maximum atomic E-state index is 14.3. The van der Waals surface area contributed by atoms with Gasteiger partial charge in [0.1, 0.15) is 0 Å². The number of nitrogens with zero attached hydrogens (tertiary/aromatic N) is 2. The first-order valence-electron chi connectivity index (χ1n) is 12.5. The summed E-state index contributed by atoms with van der Waals surface area (Å²) in [6.07, 6.45) is -7.24. The highest BCUT2D eigenvalue weighted by atomic mass is 32.2. The molecule has 2 heterocycles. The number of para-hydroxylation sites is 1. The Balaban J connectivity index is 1.69. The first-order chi connectivity index (χ1) is 18.4. The molecule has 0 spiro atoms. The summed E-state index contributed by atoms with van der Waals surface area (Å²) >= 11 is 0.637. The molecule has 4 rings (SSSR count). The van der Waals surface area contributed by atoms with E-state index in [1.165, 1.54) is 4.90 Å². The number of hydrogen-bond donors (Lipinski definition) is 1. The smallest absolute Gasteiger partial charge is 0.381 e. The fourth-order valence-corrected chi connectivity index (χ4v) is 5.70. The van der Waals surface area contributed by atoms with E-state index in [1.807, 2.05) is 7.05 Å². The lowest BCUT2D eigenvalue weighted by Crippen LogP contribution is -2.39. The van der Waals surface area contributed by atoms with Crippen molar-refractivity contribution in [2.75, 3.05) is 51.8 Å². The number of anilines is 1. The standard InChI is InChI=1S/C27H29F6N3O2S/c1-35-12-10-19(11-13-35)34-20-4-2-3-5-21(20)39-22-8-6-18(7-9-23(37)36-14-16-38-17-15-36)24(26(28,29)30)25(22)27(31,32)33/h2-9,19,34H,10-17H2,1H3. The van der Waals surface area contributed by atoms with Crippen molar-refractivity contribution >= 4 is 29.4 Å². The summed E-state index contributed by atoms with van der Waals surface area (Å²) in [4.78, 5) is 15.8. The zero-order chi connectivity index (χ0) is 28.2. The molecule has 0 aliphatic carbocycles. The topological polar surface area (TPSA) is 44.8 Å². The molecule has 2 aromatic carbocycles. The van der Waals surface area contributed by atoms with Crippen LogP contribution in [0.5, 0.6) is 0 Å². The molecule has 0 bridgehead atoms. The van der Waals surface area contributed by atoms with Gasteiger partial charge in [-0.2, -0.15) is 26.3 Å². The van der Waals surface area contributed by atoms with Crippen LogP contribution in [0.25, 0.3) is 6.08 Å². The van der Waals surface area contributed by atoms with E-state index in [-0.39, 0.29) is 32.3 Å². The van der Waals surface area contributed by atoms with Gasteiger partial charge in [-0.3, -0.25) is 4.79 Å². The molecular weight excluding hydrogens is 544 g/mol. The minimum atomic E-state index is -5.31. The first kappa shape index (κ1) is 29.3. The molecule has 39 heavy (non-hydrogen) atoms. The van der Waals surface area contributed by atoms with Crippen molar-refractivity contribution in [1.82, 2.24) is 9.80 Å². The van der Waals surface area contributed by atoms with E-state index in [4.69, 9.17) is 4.74 Å². The fraction of sp³-hybridized carbons (Fsp3) is 0.444. The van der Waals surface area contributed by atoms with Crippen molar-refractivity contribution < 1.29 is 35.9 Å². The molecule has 0 saturated carbocycles.